The van der Waals surface area contributed by atoms with Crippen molar-refractivity contribution >= 4 is 5.91 Å². The fourth-order valence-corrected chi connectivity index (χ4v) is 4.38. The first kappa shape index (κ1) is 19.2. The highest BCUT2D eigenvalue weighted by atomic mass is 16.5. The van der Waals surface area contributed by atoms with Crippen LogP contribution in [-0.2, 0) is 22.6 Å². The predicted molar refractivity (Wildman–Crippen MR) is 108 cm³/mol. The first-order valence-electron chi connectivity index (χ1n) is 10.3. The fourth-order valence-electron chi connectivity index (χ4n) is 4.38. The van der Waals surface area contributed by atoms with E-state index in [1.807, 2.05) is 0 Å². The van der Waals surface area contributed by atoms with E-state index in [4.69, 9.17) is 4.74 Å². The van der Waals surface area contributed by atoms with Gasteiger partial charge in [-0.15, -0.1) is 0 Å². The van der Waals surface area contributed by atoms with Crippen LogP contribution in [0.4, 0.5) is 0 Å². The molecule has 1 N–H and O–H groups in total. The molecule has 0 bridgehead atoms. The molecule has 0 aliphatic carbocycles. The number of amides is 1. The van der Waals surface area contributed by atoms with Crippen molar-refractivity contribution in [3.8, 4) is 0 Å². The van der Waals surface area contributed by atoms with E-state index in [1.165, 1.54) is 11.1 Å². The highest BCUT2D eigenvalue weighted by Crippen LogP contribution is 2.39. The Kier molecular flexibility index (Phi) is 5.78. The van der Waals surface area contributed by atoms with Crippen LogP contribution in [0.15, 0.2) is 43.0 Å². The lowest BCUT2D eigenvalue weighted by Gasteiger charge is -2.39. The van der Waals surface area contributed by atoms with E-state index in [0.29, 0.717) is 13.1 Å². The summed E-state index contributed by atoms with van der Waals surface area (Å²) in [5, 5.41) is 3.01. The van der Waals surface area contributed by atoms with Crippen LogP contribution in [0.2, 0.25) is 0 Å². The number of hydrogen-bond donors (Lipinski definition) is 1. The van der Waals surface area contributed by atoms with Gasteiger partial charge in [-0.1, -0.05) is 24.3 Å². The molecule has 1 amide bonds. The highest BCUT2D eigenvalue weighted by molar-refractivity contribution is 5.75. The molecule has 6 heteroatoms. The van der Waals surface area contributed by atoms with Crippen LogP contribution in [0.1, 0.15) is 36.8 Å². The van der Waals surface area contributed by atoms with Gasteiger partial charge in [-0.3, -0.25) is 9.69 Å². The molecule has 1 spiro atoms. The Labute approximate surface area is 166 Å². The smallest absolute Gasteiger partial charge is 0.240 e. The second kappa shape index (κ2) is 8.45. The number of piperidine rings is 1. The van der Waals surface area contributed by atoms with Crippen molar-refractivity contribution < 1.29 is 9.53 Å². The fraction of sp³-hybridized carbons (Fsp3) is 0.545. The molecule has 2 aliphatic heterocycles. The molecule has 28 heavy (non-hydrogen) atoms. The van der Waals surface area contributed by atoms with Crippen LogP contribution in [0.5, 0.6) is 0 Å². The van der Waals surface area contributed by atoms with E-state index < -0.39 is 0 Å². The van der Waals surface area contributed by atoms with Gasteiger partial charge in [0, 0.05) is 38.6 Å². The summed E-state index contributed by atoms with van der Waals surface area (Å²) in [5.74, 6) is 0.00982. The van der Waals surface area contributed by atoms with Crippen molar-refractivity contribution in [2.75, 3.05) is 19.6 Å². The normalized spacial score (nSPS) is 21.8. The maximum absolute atomic E-state index is 12.1. The molecule has 150 valence electrons. The van der Waals surface area contributed by atoms with E-state index in [0.717, 1.165) is 45.3 Å². The second-order valence-electron chi connectivity index (χ2n) is 8.20. The Morgan fingerprint density at radius 1 is 1.29 bits per heavy atom. The molecule has 4 rings (SSSR count). The molecule has 1 aromatic heterocycles. The highest BCUT2D eigenvalue weighted by Gasteiger charge is 2.42. The van der Waals surface area contributed by atoms with Crippen molar-refractivity contribution in [1.29, 1.82) is 0 Å². The van der Waals surface area contributed by atoms with Crippen LogP contribution in [0.25, 0.3) is 0 Å². The summed E-state index contributed by atoms with van der Waals surface area (Å²) in [6.07, 6.45) is 9.57. The van der Waals surface area contributed by atoms with Gasteiger partial charge in [-0.05, 0) is 43.7 Å². The van der Waals surface area contributed by atoms with E-state index in [2.05, 4.69) is 46.4 Å². The zero-order valence-electron chi connectivity index (χ0n) is 16.6. The minimum Gasteiger partial charge on any atom is -0.370 e. The lowest BCUT2D eigenvalue weighted by molar-refractivity contribution is -0.123. The number of imidazole rings is 1. The van der Waals surface area contributed by atoms with Crippen molar-refractivity contribution in [2.24, 2.45) is 0 Å². The molecular weight excluding hydrogens is 352 g/mol. The van der Waals surface area contributed by atoms with Crippen molar-refractivity contribution in [3.63, 3.8) is 0 Å². The average Bonchev–Trinajstić information content (AvgIpc) is 3.34. The van der Waals surface area contributed by atoms with Gasteiger partial charge in [0.05, 0.1) is 18.0 Å². The standard InChI is InChI=1S/C22H30N4O2/c1-18-4-2-3-5-19(18)15-25-11-8-22(9-12-25)7-6-20(28-22)14-24-21(27)16-26-13-10-23-17-26/h2-5,10,13,17,20H,6-9,11-12,14-16H2,1H3,(H,24,27)/t20-/m0/s1. The number of nitrogens with zero attached hydrogens (tertiary/aromatic N) is 3. The molecule has 0 saturated carbocycles. The number of carbonyl (C=O) groups is 1. The quantitative estimate of drug-likeness (QED) is 0.834. The lowest BCUT2D eigenvalue weighted by Crippen LogP contribution is -2.45. The molecule has 2 aliphatic rings. The molecule has 6 nitrogen and oxygen atoms in total. The van der Waals surface area contributed by atoms with Gasteiger partial charge in [-0.25, -0.2) is 4.98 Å². The van der Waals surface area contributed by atoms with Crippen LogP contribution < -0.4 is 5.32 Å². The average molecular weight is 383 g/mol. The molecule has 2 saturated heterocycles. The van der Waals surface area contributed by atoms with Gasteiger partial charge in [0.2, 0.25) is 5.91 Å². The summed E-state index contributed by atoms with van der Waals surface area (Å²) in [7, 11) is 0. The van der Waals surface area contributed by atoms with Crippen molar-refractivity contribution in [3.05, 3.63) is 54.1 Å². The molecule has 2 aromatic rings. The van der Waals surface area contributed by atoms with Crippen LogP contribution in [-0.4, -0.2) is 51.7 Å². The molecule has 2 fully saturated rings. The molecule has 3 heterocycles. The summed E-state index contributed by atoms with van der Waals surface area (Å²) in [6.45, 7) is 6.28. The molecule has 0 unspecified atom stereocenters. The zero-order chi connectivity index (χ0) is 19.4. The van der Waals surface area contributed by atoms with Crippen molar-refractivity contribution in [2.45, 2.75) is 57.4 Å². The molecule has 1 atom stereocenters. The van der Waals surface area contributed by atoms with E-state index in [1.54, 1.807) is 23.3 Å². The molecule has 1 aromatic carbocycles. The number of likely N-dealkylation sites (tertiary alicyclic amines) is 1. The summed E-state index contributed by atoms with van der Waals surface area (Å²) >= 11 is 0. The van der Waals surface area contributed by atoms with Gasteiger partial charge in [0.1, 0.15) is 6.54 Å². The topological polar surface area (TPSA) is 59.4 Å². The number of benzene rings is 1. The monoisotopic (exact) mass is 382 g/mol. The number of rotatable bonds is 6. The summed E-state index contributed by atoms with van der Waals surface area (Å²) in [6, 6.07) is 8.64. The van der Waals surface area contributed by atoms with Crippen LogP contribution >= 0.6 is 0 Å². The van der Waals surface area contributed by atoms with Crippen LogP contribution in [0, 0.1) is 6.92 Å². The first-order valence-corrected chi connectivity index (χ1v) is 10.3. The third-order valence-electron chi connectivity index (χ3n) is 6.17. The summed E-state index contributed by atoms with van der Waals surface area (Å²) in [4.78, 5) is 18.6. The Hall–Kier alpha value is -2.18. The van der Waals surface area contributed by atoms with Gasteiger partial charge in [0.25, 0.3) is 0 Å². The first-order chi connectivity index (χ1) is 13.6. The largest absolute Gasteiger partial charge is 0.370 e. The second-order valence-corrected chi connectivity index (χ2v) is 8.20. The van der Waals surface area contributed by atoms with E-state index in [9.17, 15) is 4.79 Å². The van der Waals surface area contributed by atoms with Gasteiger partial charge < -0.3 is 14.6 Å². The van der Waals surface area contributed by atoms with Gasteiger partial charge in [-0.2, -0.15) is 0 Å². The third kappa shape index (κ3) is 4.62. The summed E-state index contributed by atoms with van der Waals surface area (Å²) in [5.41, 5.74) is 2.80. The van der Waals surface area contributed by atoms with Gasteiger partial charge >= 0.3 is 0 Å². The SMILES string of the molecule is Cc1ccccc1CN1CCC2(CC[C@@H](CNC(=O)Cn3ccnc3)O2)CC1. The minimum atomic E-state index is 0.00982. The Balaban J connectivity index is 1.21. The number of aryl methyl sites for hydroxylation is 1. The third-order valence-corrected chi connectivity index (χ3v) is 6.17. The molecular formula is C22H30N4O2. The zero-order valence-corrected chi connectivity index (χ0v) is 16.6. The van der Waals surface area contributed by atoms with Gasteiger partial charge in [0.15, 0.2) is 0 Å². The maximum atomic E-state index is 12.1. The molecule has 0 radical (unpaired) electrons. The van der Waals surface area contributed by atoms with E-state index in [-0.39, 0.29) is 17.6 Å². The number of ether oxygens (including phenoxy) is 1. The number of carbonyl (C=O) groups excluding carboxylic acids is 1. The predicted octanol–water partition coefficient (Wildman–Crippen LogP) is 2.52. The minimum absolute atomic E-state index is 0.00982. The lowest BCUT2D eigenvalue weighted by atomic mass is 9.88. The van der Waals surface area contributed by atoms with Crippen molar-refractivity contribution in [1.82, 2.24) is 19.8 Å². The van der Waals surface area contributed by atoms with E-state index >= 15 is 0 Å². The van der Waals surface area contributed by atoms with Crippen LogP contribution in [0.3, 0.4) is 0 Å². The Morgan fingerprint density at radius 2 is 2.11 bits per heavy atom. The number of nitrogens with one attached hydrogen (secondary N) is 1. The Bertz CT molecular complexity index is 782. The number of hydrogen-bond acceptors (Lipinski definition) is 4. The maximum Gasteiger partial charge on any atom is 0.240 e. The number of aromatic nitrogens is 2. The Morgan fingerprint density at radius 3 is 2.86 bits per heavy atom. The summed E-state index contributed by atoms with van der Waals surface area (Å²) < 4.78 is 8.21.